The fourth-order valence-corrected chi connectivity index (χ4v) is 3.62. The summed E-state index contributed by atoms with van der Waals surface area (Å²) in [5.41, 5.74) is 2.09. The molecule has 0 N–H and O–H groups in total. The maximum Gasteiger partial charge on any atom is 0.494 e. The predicted molar refractivity (Wildman–Crippen MR) is 124 cm³/mol. The van der Waals surface area contributed by atoms with Crippen molar-refractivity contribution in [2.24, 2.45) is 7.05 Å². The molecule has 1 aromatic heterocycles. The second-order valence-electron chi connectivity index (χ2n) is 9.16. The van der Waals surface area contributed by atoms with E-state index in [1.807, 2.05) is 71.0 Å². The van der Waals surface area contributed by atoms with Crippen LogP contribution in [0.4, 0.5) is 0 Å². The summed E-state index contributed by atoms with van der Waals surface area (Å²) in [5.74, 6) is 1.13. The van der Waals surface area contributed by atoms with Gasteiger partial charge in [0.1, 0.15) is 6.61 Å². The van der Waals surface area contributed by atoms with Crippen LogP contribution in [-0.2, 0) is 23.0 Å². The van der Waals surface area contributed by atoms with Crippen LogP contribution >= 0.6 is 0 Å². The first-order chi connectivity index (χ1) is 15.5. The van der Waals surface area contributed by atoms with Gasteiger partial charge >= 0.3 is 12.8 Å². The van der Waals surface area contributed by atoms with Crippen LogP contribution in [0.3, 0.4) is 0 Å². The van der Waals surface area contributed by atoms with Gasteiger partial charge in [0.2, 0.25) is 0 Å². The molecule has 0 radical (unpaired) electrons. The molecule has 1 aliphatic rings. The number of rotatable bonds is 6. The largest absolute Gasteiger partial charge is 0.494 e. The Morgan fingerprint density at radius 1 is 1.03 bits per heavy atom. The van der Waals surface area contributed by atoms with E-state index in [0.29, 0.717) is 17.2 Å². The molecule has 0 spiro atoms. The predicted octanol–water partition coefficient (Wildman–Crippen LogP) is 2.16. The van der Waals surface area contributed by atoms with Gasteiger partial charge in [-0.25, -0.2) is 4.79 Å². The Kier molecular flexibility index (Phi) is 5.84. The van der Waals surface area contributed by atoms with E-state index in [0.717, 1.165) is 16.6 Å². The first-order valence-electron chi connectivity index (χ1n) is 10.8. The van der Waals surface area contributed by atoms with Crippen LogP contribution in [-0.4, -0.2) is 45.2 Å². The first-order valence-corrected chi connectivity index (χ1v) is 10.8. The second-order valence-corrected chi connectivity index (χ2v) is 9.16. The lowest BCUT2D eigenvalue weighted by atomic mass is 9.79. The highest BCUT2D eigenvalue weighted by molar-refractivity contribution is 6.62. The lowest BCUT2D eigenvalue weighted by Gasteiger charge is -2.32. The van der Waals surface area contributed by atoms with E-state index < -0.39 is 18.3 Å². The summed E-state index contributed by atoms with van der Waals surface area (Å²) in [6.45, 7) is 10.3. The third kappa shape index (κ3) is 4.16. The van der Waals surface area contributed by atoms with Gasteiger partial charge in [-0.15, -0.1) is 0 Å². The summed E-state index contributed by atoms with van der Waals surface area (Å²) in [6.07, 6.45) is 0. The summed E-state index contributed by atoms with van der Waals surface area (Å²) in [5, 5.41) is 7.77. The maximum atomic E-state index is 12.4. The minimum Gasteiger partial charge on any atom is -0.493 e. The fourth-order valence-electron chi connectivity index (χ4n) is 3.62. The molecule has 2 heterocycles. The molecule has 3 aromatic rings. The molecule has 2 aromatic carbocycles. The zero-order valence-electron chi connectivity index (χ0n) is 20.1. The number of aromatic nitrogens is 4. The average molecular weight is 452 g/mol. The normalized spacial score (nSPS) is 16.8. The van der Waals surface area contributed by atoms with Crippen molar-refractivity contribution in [3.8, 4) is 17.2 Å². The molecule has 0 aliphatic carbocycles. The van der Waals surface area contributed by atoms with E-state index >= 15 is 0 Å². The topological polar surface area (TPSA) is 89.6 Å². The van der Waals surface area contributed by atoms with E-state index in [9.17, 15) is 4.79 Å². The molecule has 1 fully saturated rings. The molecule has 1 saturated heterocycles. The SMILES string of the molecule is COc1cc(B2OC(C)(C)C(C)(C)O2)ccc1OCc1c(C)cccc1-n1nnn(C)c1=O. The average Bonchev–Trinajstić information content (AvgIpc) is 3.20. The minimum absolute atomic E-state index is 0.219. The van der Waals surface area contributed by atoms with Crippen LogP contribution in [0.5, 0.6) is 11.5 Å². The van der Waals surface area contributed by atoms with E-state index in [2.05, 4.69) is 10.4 Å². The molecule has 0 saturated carbocycles. The standard InChI is InChI=1S/C23H29BN4O5/c1-15-9-8-10-18(28-21(29)27(6)25-26-28)17(15)14-31-19-12-11-16(13-20(19)30-7)24-32-22(2,3)23(4,5)33-24/h8-13H,14H2,1-7H3. The van der Waals surface area contributed by atoms with Crippen molar-refractivity contribution in [3.63, 3.8) is 0 Å². The van der Waals surface area contributed by atoms with Gasteiger partial charge in [0, 0.05) is 12.6 Å². The Morgan fingerprint density at radius 2 is 1.73 bits per heavy atom. The van der Waals surface area contributed by atoms with Crippen LogP contribution in [0.2, 0.25) is 0 Å². The number of tetrazole rings is 1. The lowest BCUT2D eigenvalue weighted by molar-refractivity contribution is 0.00578. The van der Waals surface area contributed by atoms with Crippen molar-refractivity contribution in [1.29, 1.82) is 0 Å². The summed E-state index contributed by atoms with van der Waals surface area (Å²) in [7, 11) is 2.66. The van der Waals surface area contributed by atoms with Crippen LogP contribution in [0.15, 0.2) is 41.2 Å². The van der Waals surface area contributed by atoms with Gasteiger partial charge in [0.05, 0.1) is 24.0 Å². The molecule has 10 heteroatoms. The van der Waals surface area contributed by atoms with Gasteiger partial charge in [-0.3, -0.25) is 0 Å². The smallest absolute Gasteiger partial charge is 0.493 e. The molecule has 1 aliphatic heterocycles. The van der Waals surface area contributed by atoms with Crippen LogP contribution in [0, 0.1) is 6.92 Å². The van der Waals surface area contributed by atoms with Crippen molar-refractivity contribution in [1.82, 2.24) is 19.8 Å². The van der Waals surface area contributed by atoms with Crippen molar-refractivity contribution in [3.05, 3.63) is 58.0 Å². The number of ether oxygens (including phenoxy) is 2. The summed E-state index contributed by atoms with van der Waals surface area (Å²) in [4.78, 5) is 12.4. The van der Waals surface area contributed by atoms with Gasteiger partial charge in [0.15, 0.2) is 11.5 Å². The molecule has 33 heavy (non-hydrogen) atoms. The van der Waals surface area contributed by atoms with Crippen molar-refractivity contribution >= 4 is 12.6 Å². The highest BCUT2D eigenvalue weighted by Crippen LogP contribution is 2.37. The third-order valence-corrected chi connectivity index (χ3v) is 6.42. The molecular weight excluding hydrogens is 423 g/mol. The molecule has 9 nitrogen and oxygen atoms in total. The number of hydrogen-bond acceptors (Lipinski definition) is 7. The van der Waals surface area contributed by atoms with Gasteiger partial charge < -0.3 is 18.8 Å². The first kappa shape index (κ1) is 23.1. The Hall–Kier alpha value is -3.11. The number of methoxy groups -OCH3 is 1. The Labute approximate surface area is 193 Å². The minimum atomic E-state index is -0.496. The molecule has 0 bridgehead atoms. The zero-order chi connectivity index (χ0) is 24.0. The van der Waals surface area contributed by atoms with Crippen molar-refractivity contribution in [2.75, 3.05) is 7.11 Å². The van der Waals surface area contributed by atoms with Gasteiger partial charge in [0.25, 0.3) is 0 Å². The van der Waals surface area contributed by atoms with Gasteiger partial charge in [-0.2, -0.15) is 9.36 Å². The maximum absolute atomic E-state index is 12.4. The van der Waals surface area contributed by atoms with Crippen molar-refractivity contribution < 1.29 is 18.8 Å². The monoisotopic (exact) mass is 452 g/mol. The molecular formula is C23H29BN4O5. The van der Waals surface area contributed by atoms with E-state index in [4.69, 9.17) is 18.8 Å². The molecule has 0 unspecified atom stereocenters. The van der Waals surface area contributed by atoms with Gasteiger partial charge in [-0.05, 0) is 74.3 Å². The summed E-state index contributed by atoms with van der Waals surface area (Å²) in [6, 6.07) is 11.3. The molecule has 4 rings (SSSR count). The van der Waals surface area contributed by atoms with Crippen LogP contribution in [0.25, 0.3) is 5.69 Å². The molecule has 174 valence electrons. The van der Waals surface area contributed by atoms with Crippen LogP contribution in [0.1, 0.15) is 38.8 Å². The van der Waals surface area contributed by atoms with E-state index in [-0.39, 0.29) is 12.3 Å². The lowest BCUT2D eigenvalue weighted by Crippen LogP contribution is -2.41. The second kappa shape index (κ2) is 8.35. The van der Waals surface area contributed by atoms with E-state index in [1.165, 1.54) is 9.36 Å². The highest BCUT2D eigenvalue weighted by Gasteiger charge is 2.51. The fraction of sp³-hybridized carbons (Fsp3) is 0.435. The number of hydrogen-bond donors (Lipinski definition) is 0. The summed E-state index contributed by atoms with van der Waals surface area (Å²) >= 11 is 0. The Balaban J connectivity index is 1.59. The third-order valence-electron chi connectivity index (χ3n) is 6.42. The number of aryl methyl sites for hydroxylation is 2. The quantitative estimate of drug-likeness (QED) is 0.530. The zero-order valence-corrected chi connectivity index (χ0v) is 20.1. The van der Waals surface area contributed by atoms with Crippen molar-refractivity contribution in [2.45, 2.75) is 52.4 Å². The van der Waals surface area contributed by atoms with Gasteiger partial charge in [-0.1, -0.05) is 18.2 Å². The number of nitrogens with zero attached hydrogens (tertiary/aromatic N) is 4. The summed E-state index contributed by atoms with van der Waals surface area (Å²) < 4.78 is 26.5. The highest BCUT2D eigenvalue weighted by atomic mass is 16.7. The Morgan fingerprint density at radius 3 is 2.33 bits per heavy atom. The number of benzene rings is 2. The molecule has 0 amide bonds. The van der Waals surface area contributed by atoms with Crippen LogP contribution < -0.4 is 20.6 Å². The molecule has 0 atom stereocenters. The Bertz CT molecular complexity index is 1220. The van der Waals surface area contributed by atoms with E-state index in [1.54, 1.807) is 14.2 Å².